The number of rotatable bonds is 7. The molecule has 0 bridgehead atoms. The second kappa shape index (κ2) is 8.27. The largest absolute Gasteiger partial charge is 0.489 e. The summed E-state index contributed by atoms with van der Waals surface area (Å²) in [5.41, 5.74) is 2.47. The minimum Gasteiger partial charge on any atom is -0.489 e. The van der Waals surface area contributed by atoms with Crippen molar-refractivity contribution in [1.29, 1.82) is 0 Å². The van der Waals surface area contributed by atoms with Crippen molar-refractivity contribution in [2.24, 2.45) is 0 Å². The highest BCUT2D eigenvalue weighted by Crippen LogP contribution is 2.17. The summed E-state index contributed by atoms with van der Waals surface area (Å²) in [5, 5.41) is 10.2. The monoisotopic (exact) mass is 332 g/mol. The van der Waals surface area contributed by atoms with E-state index in [0.717, 1.165) is 16.9 Å². The van der Waals surface area contributed by atoms with Gasteiger partial charge in [0.2, 0.25) is 0 Å². The number of benzene rings is 3. The van der Waals surface area contributed by atoms with Crippen LogP contribution in [0.25, 0.3) is 0 Å². The van der Waals surface area contributed by atoms with Crippen LogP contribution in [0, 0.1) is 0 Å². The molecule has 3 nitrogen and oxygen atoms in total. The molecule has 0 saturated heterocycles. The third-order valence-corrected chi connectivity index (χ3v) is 3.94. The van der Waals surface area contributed by atoms with Gasteiger partial charge < -0.3 is 9.84 Å². The Morgan fingerprint density at radius 1 is 0.840 bits per heavy atom. The van der Waals surface area contributed by atoms with E-state index in [2.05, 4.69) is 0 Å². The molecule has 0 heterocycles. The lowest BCUT2D eigenvalue weighted by Crippen LogP contribution is -2.23. The molecule has 1 unspecified atom stereocenters. The van der Waals surface area contributed by atoms with Crippen LogP contribution in [0.3, 0.4) is 0 Å². The average molecular weight is 332 g/mol. The van der Waals surface area contributed by atoms with Crippen LogP contribution in [0.5, 0.6) is 5.75 Å². The Morgan fingerprint density at radius 2 is 1.48 bits per heavy atom. The lowest BCUT2D eigenvalue weighted by Gasteiger charge is -2.12. The molecule has 3 aromatic rings. The lowest BCUT2D eigenvalue weighted by molar-refractivity contribution is 0.0748. The fraction of sp³-hybridized carbons (Fsp3) is 0.136. The number of aliphatic hydroxyl groups is 1. The molecular formula is C22H20O3. The molecule has 0 radical (unpaired) electrons. The normalized spacial score (nSPS) is 11.7. The molecule has 0 fully saturated rings. The van der Waals surface area contributed by atoms with E-state index in [1.165, 1.54) is 0 Å². The molecular weight excluding hydrogens is 312 g/mol. The Kier molecular flexibility index (Phi) is 5.60. The van der Waals surface area contributed by atoms with Crippen LogP contribution in [-0.2, 0) is 13.0 Å². The van der Waals surface area contributed by atoms with Crippen molar-refractivity contribution < 1.29 is 14.6 Å². The van der Waals surface area contributed by atoms with Crippen molar-refractivity contribution in [3.8, 4) is 5.75 Å². The molecule has 1 N–H and O–H groups in total. The molecule has 0 saturated carbocycles. The second-order valence-corrected chi connectivity index (χ2v) is 5.87. The Morgan fingerprint density at radius 3 is 2.20 bits per heavy atom. The number of ether oxygens (including phenoxy) is 1. The van der Waals surface area contributed by atoms with E-state index in [-0.39, 0.29) is 12.2 Å². The predicted molar refractivity (Wildman–Crippen MR) is 97.7 cm³/mol. The number of carbonyl (C=O) groups is 1. The molecule has 3 rings (SSSR count). The van der Waals surface area contributed by atoms with Gasteiger partial charge in [-0.2, -0.15) is 0 Å². The van der Waals surface area contributed by atoms with E-state index in [0.29, 0.717) is 12.2 Å². The van der Waals surface area contributed by atoms with Gasteiger partial charge in [-0.05, 0) is 23.3 Å². The van der Waals surface area contributed by atoms with Crippen LogP contribution in [0.15, 0.2) is 84.9 Å². The third kappa shape index (κ3) is 4.78. The second-order valence-electron chi connectivity index (χ2n) is 5.87. The van der Waals surface area contributed by atoms with E-state index in [4.69, 9.17) is 4.74 Å². The Labute approximate surface area is 147 Å². The van der Waals surface area contributed by atoms with Crippen molar-refractivity contribution in [2.45, 2.75) is 19.1 Å². The molecule has 126 valence electrons. The van der Waals surface area contributed by atoms with Gasteiger partial charge in [-0.3, -0.25) is 4.79 Å². The topological polar surface area (TPSA) is 46.5 Å². The van der Waals surface area contributed by atoms with Crippen LogP contribution in [0.1, 0.15) is 21.5 Å². The van der Waals surface area contributed by atoms with Gasteiger partial charge in [0.15, 0.2) is 5.78 Å². The zero-order valence-electron chi connectivity index (χ0n) is 13.8. The van der Waals surface area contributed by atoms with Gasteiger partial charge in [-0.25, -0.2) is 0 Å². The molecule has 0 aliphatic heterocycles. The van der Waals surface area contributed by atoms with Crippen molar-refractivity contribution in [2.75, 3.05) is 0 Å². The fourth-order valence-corrected chi connectivity index (χ4v) is 2.61. The Balaban J connectivity index is 1.62. The molecule has 0 amide bonds. The maximum absolute atomic E-state index is 12.3. The summed E-state index contributed by atoms with van der Waals surface area (Å²) < 4.78 is 5.79. The highest BCUT2D eigenvalue weighted by Gasteiger charge is 2.17. The number of aliphatic hydroxyl groups excluding tert-OH is 1. The number of ketones is 1. The van der Waals surface area contributed by atoms with Gasteiger partial charge in [-0.15, -0.1) is 0 Å². The van der Waals surface area contributed by atoms with Gasteiger partial charge in [0.25, 0.3) is 0 Å². The van der Waals surface area contributed by atoms with E-state index in [9.17, 15) is 9.90 Å². The fourth-order valence-electron chi connectivity index (χ4n) is 2.61. The Hall–Kier alpha value is -2.91. The van der Waals surface area contributed by atoms with Gasteiger partial charge in [-0.1, -0.05) is 72.8 Å². The van der Waals surface area contributed by atoms with Crippen molar-refractivity contribution in [3.05, 3.63) is 102 Å². The van der Waals surface area contributed by atoms with E-state index >= 15 is 0 Å². The average Bonchev–Trinajstić information content (AvgIpc) is 2.67. The Bertz CT molecular complexity index is 813. The summed E-state index contributed by atoms with van der Waals surface area (Å²) in [6.45, 7) is 0.482. The predicted octanol–water partition coefficient (Wildman–Crippen LogP) is 4.05. The van der Waals surface area contributed by atoms with Crippen molar-refractivity contribution in [1.82, 2.24) is 0 Å². The first-order chi connectivity index (χ1) is 12.2. The van der Waals surface area contributed by atoms with Gasteiger partial charge in [0.05, 0.1) is 0 Å². The van der Waals surface area contributed by atoms with Crippen LogP contribution in [0.2, 0.25) is 0 Å². The smallest absolute Gasteiger partial charge is 0.191 e. The van der Waals surface area contributed by atoms with Gasteiger partial charge in [0.1, 0.15) is 18.5 Å². The first kappa shape index (κ1) is 16.9. The first-order valence-electron chi connectivity index (χ1n) is 8.25. The maximum Gasteiger partial charge on any atom is 0.191 e. The van der Waals surface area contributed by atoms with Crippen LogP contribution >= 0.6 is 0 Å². The number of carbonyl (C=O) groups excluding carboxylic acids is 1. The molecule has 3 heteroatoms. The van der Waals surface area contributed by atoms with E-state index < -0.39 is 6.10 Å². The first-order valence-corrected chi connectivity index (χ1v) is 8.25. The highest BCUT2D eigenvalue weighted by molar-refractivity contribution is 5.99. The standard InChI is InChI=1S/C22H20O3/c23-21(22(24)19-11-5-2-6-12-19)15-18-10-7-13-20(14-18)25-16-17-8-3-1-4-9-17/h1-14,21,23H,15-16H2. The number of Topliss-reactive ketones (excluding diaryl/α,β-unsaturated/α-hetero) is 1. The summed E-state index contributed by atoms with van der Waals surface area (Å²) >= 11 is 0. The summed E-state index contributed by atoms with van der Waals surface area (Å²) in [6.07, 6.45) is -0.803. The molecule has 1 atom stereocenters. The van der Waals surface area contributed by atoms with Gasteiger partial charge >= 0.3 is 0 Å². The van der Waals surface area contributed by atoms with Crippen LogP contribution in [-0.4, -0.2) is 17.0 Å². The summed E-state index contributed by atoms with van der Waals surface area (Å²) in [5.74, 6) is 0.455. The van der Waals surface area contributed by atoms with Crippen molar-refractivity contribution >= 4 is 5.78 Å². The molecule has 0 spiro atoms. The molecule has 0 aliphatic rings. The summed E-state index contributed by atoms with van der Waals surface area (Å²) in [6, 6.07) is 26.3. The van der Waals surface area contributed by atoms with Crippen molar-refractivity contribution in [3.63, 3.8) is 0 Å². The summed E-state index contributed by atoms with van der Waals surface area (Å²) in [4.78, 5) is 12.3. The minimum absolute atomic E-state index is 0.260. The quantitative estimate of drug-likeness (QED) is 0.664. The van der Waals surface area contributed by atoms with E-state index in [1.54, 1.807) is 24.3 Å². The van der Waals surface area contributed by atoms with Gasteiger partial charge in [0, 0.05) is 12.0 Å². The number of hydrogen-bond donors (Lipinski definition) is 1. The maximum atomic E-state index is 12.3. The molecule has 25 heavy (non-hydrogen) atoms. The summed E-state index contributed by atoms with van der Waals surface area (Å²) in [7, 11) is 0. The lowest BCUT2D eigenvalue weighted by atomic mass is 10.00. The van der Waals surface area contributed by atoms with Crippen LogP contribution < -0.4 is 4.74 Å². The number of hydrogen-bond acceptors (Lipinski definition) is 3. The van der Waals surface area contributed by atoms with Crippen LogP contribution in [0.4, 0.5) is 0 Å². The highest BCUT2D eigenvalue weighted by atomic mass is 16.5. The third-order valence-electron chi connectivity index (χ3n) is 3.94. The van der Waals surface area contributed by atoms with E-state index in [1.807, 2.05) is 60.7 Å². The zero-order valence-corrected chi connectivity index (χ0v) is 13.8. The minimum atomic E-state index is -1.06. The molecule has 3 aromatic carbocycles. The SMILES string of the molecule is O=C(c1ccccc1)C(O)Cc1cccc(OCc2ccccc2)c1. The molecule has 0 aromatic heterocycles. The molecule has 0 aliphatic carbocycles. The zero-order chi connectivity index (χ0) is 17.5.